The summed E-state index contributed by atoms with van der Waals surface area (Å²) in [6.07, 6.45) is 11.2. The number of carbonyl (C=O) groups excluding carboxylic acids is 1. The number of hydrogen-bond acceptors (Lipinski definition) is 3. The van der Waals surface area contributed by atoms with Crippen molar-refractivity contribution in [1.29, 1.82) is 0 Å². The first-order valence-electron chi connectivity index (χ1n) is 11.9. The quantitative estimate of drug-likeness (QED) is 0.271. The maximum atomic E-state index is 13.9. The molecule has 1 aromatic carbocycles. The molecule has 6 heteroatoms. The van der Waals surface area contributed by atoms with Gasteiger partial charge in [-0.3, -0.25) is 4.79 Å². The second-order valence-electron chi connectivity index (χ2n) is 10.1. The van der Waals surface area contributed by atoms with E-state index in [0.717, 1.165) is 36.7 Å². The number of aldehydes is 1. The Morgan fingerprint density at radius 2 is 1.74 bits per heavy atom. The Kier molecular flexibility index (Phi) is 6.34. The van der Waals surface area contributed by atoms with Crippen LogP contribution in [0, 0.1) is 5.41 Å². The minimum absolute atomic E-state index is 0.0785. The predicted octanol–water partition coefficient (Wildman–Crippen LogP) is 5.07. The summed E-state index contributed by atoms with van der Waals surface area (Å²) >= 11 is 0. The highest BCUT2D eigenvalue weighted by Gasteiger charge is 2.39. The Labute approximate surface area is 200 Å². The summed E-state index contributed by atoms with van der Waals surface area (Å²) < 4.78 is 4.49. The first-order valence-corrected chi connectivity index (χ1v) is 11.9. The lowest BCUT2D eigenvalue weighted by Gasteiger charge is -2.41. The number of benzene rings is 1. The van der Waals surface area contributed by atoms with Crippen LogP contribution in [-0.4, -0.2) is 20.2 Å². The van der Waals surface area contributed by atoms with Crippen LogP contribution in [0.1, 0.15) is 66.0 Å². The van der Waals surface area contributed by atoms with E-state index in [-0.39, 0.29) is 22.8 Å². The second-order valence-corrected chi connectivity index (χ2v) is 10.1. The van der Waals surface area contributed by atoms with Crippen molar-refractivity contribution in [3.63, 3.8) is 0 Å². The van der Waals surface area contributed by atoms with Gasteiger partial charge in [0.05, 0.1) is 17.8 Å². The number of hydrogen-bond donors (Lipinski definition) is 0. The zero-order chi connectivity index (χ0) is 24.6. The van der Waals surface area contributed by atoms with Crippen LogP contribution >= 0.6 is 0 Å². The van der Waals surface area contributed by atoms with Crippen LogP contribution in [0.4, 0.5) is 0 Å². The summed E-state index contributed by atoms with van der Waals surface area (Å²) in [5.74, 6) is 0. The molecule has 2 unspecified atom stereocenters. The molecule has 0 radical (unpaired) electrons. The van der Waals surface area contributed by atoms with Gasteiger partial charge < -0.3 is 0 Å². The molecule has 2 heterocycles. The number of allylic oxidation sites excluding steroid dienone is 8. The molecule has 0 amide bonds. The number of para-hydroxylation sites is 1. The van der Waals surface area contributed by atoms with E-state index in [4.69, 9.17) is 0 Å². The Morgan fingerprint density at radius 3 is 2.38 bits per heavy atom. The van der Waals surface area contributed by atoms with Crippen LogP contribution in [0.15, 0.2) is 86.5 Å². The molecule has 1 aromatic heterocycles. The molecular formula is C28H33N3O3. The van der Waals surface area contributed by atoms with Crippen molar-refractivity contribution in [2.75, 3.05) is 0 Å². The van der Waals surface area contributed by atoms with Crippen molar-refractivity contribution in [2.45, 2.75) is 66.0 Å². The van der Waals surface area contributed by atoms with E-state index >= 15 is 0 Å². The molecular weight excluding hydrogens is 426 g/mol. The van der Waals surface area contributed by atoms with Crippen LogP contribution in [0.3, 0.4) is 0 Å². The average Bonchev–Trinajstić information content (AvgIpc) is 3.04. The molecule has 178 valence electrons. The molecule has 34 heavy (non-hydrogen) atoms. The molecule has 0 fully saturated rings. The summed E-state index contributed by atoms with van der Waals surface area (Å²) in [7, 11) is 0. The largest absolute Gasteiger partial charge is 0.352 e. The Hall–Kier alpha value is -3.41. The molecule has 1 aliphatic carbocycles. The molecule has 1 aliphatic heterocycles. The molecule has 0 saturated heterocycles. The monoisotopic (exact) mass is 459 g/mol. The molecule has 0 bridgehead atoms. The zero-order valence-electron chi connectivity index (χ0n) is 20.6. The number of aromatic nitrogens is 3. The Bertz CT molecular complexity index is 1340. The highest BCUT2D eigenvalue weighted by molar-refractivity contribution is 5.66. The van der Waals surface area contributed by atoms with E-state index in [0.29, 0.717) is 5.69 Å². The van der Waals surface area contributed by atoms with Gasteiger partial charge in [0.1, 0.15) is 6.29 Å². The molecule has 4 rings (SSSR count). The third-order valence-corrected chi connectivity index (χ3v) is 7.15. The highest BCUT2D eigenvalue weighted by atomic mass is 16.2. The molecule has 0 spiro atoms. The highest BCUT2D eigenvalue weighted by Crippen LogP contribution is 2.47. The van der Waals surface area contributed by atoms with Gasteiger partial charge in [0.2, 0.25) is 0 Å². The van der Waals surface area contributed by atoms with Crippen molar-refractivity contribution in [2.24, 2.45) is 5.41 Å². The summed E-state index contributed by atoms with van der Waals surface area (Å²) in [6, 6.07) is 8.32. The van der Waals surface area contributed by atoms with Crippen LogP contribution in [0.5, 0.6) is 0 Å². The van der Waals surface area contributed by atoms with Gasteiger partial charge in [-0.2, -0.15) is 0 Å². The predicted molar refractivity (Wildman–Crippen MR) is 135 cm³/mol. The first-order chi connectivity index (χ1) is 16.2. The smallest absolute Gasteiger partial charge is 0.299 e. The molecule has 2 aromatic rings. The number of carbonyl (C=O) groups is 1. The van der Waals surface area contributed by atoms with Gasteiger partial charge in [0.25, 0.3) is 0 Å². The average molecular weight is 460 g/mol. The van der Waals surface area contributed by atoms with Crippen molar-refractivity contribution >= 4 is 6.29 Å². The van der Waals surface area contributed by atoms with E-state index in [1.54, 1.807) is 21.5 Å². The second kappa shape index (κ2) is 9.09. The van der Waals surface area contributed by atoms with Crippen LogP contribution in [0.25, 0.3) is 5.69 Å². The fraction of sp³-hybridized carbons (Fsp3) is 0.393. The summed E-state index contributed by atoms with van der Waals surface area (Å²) in [6.45, 7) is 10.5. The minimum Gasteiger partial charge on any atom is -0.299 e. The minimum atomic E-state index is -0.427. The zero-order valence-corrected chi connectivity index (χ0v) is 20.6. The topological polar surface area (TPSA) is 66.0 Å². The Balaban J connectivity index is 2.01. The van der Waals surface area contributed by atoms with Crippen molar-refractivity contribution < 1.29 is 4.79 Å². The lowest BCUT2D eigenvalue weighted by molar-refractivity contribution is -0.104. The Morgan fingerprint density at radius 1 is 1.06 bits per heavy atom. The number of rotatable bonds is 5. The van der Waals surface area contributed by atoms with Gasteiger partial charge in [-0.05, 0) is 80.4 Å². The maximum absolute atomic E-state index is 13.9. The van der Waals surface area contributed by atoms with Gasteiger partial charge in [-0.25, -0.2) is 23.5 Å². The van der Waals surface area contributed by atoms with E-state index in [1.807, 2.05) is 44.2 Å². The van der Waals surface area contributed by atoms with Crippen LogP contribution < -0.4 is 11.4 Å². The molecule has 2 atom stereocenters. The summed E-state index contributed by atoms with van der Waals surface area (Å²) in [4.78, 5) is 38.5. The van der Waals surface area contributed by atoms with Gasteiger partial charge in [-0.1, -0.05) is 55.8 Å². The SMILES string of the molecule is CC1=CC(C2=C(C)CCCC2(C)C)n2c(=O)n(-c3ccccc3)c(=O)n2C1/C=C/C(C)=C/C=O. The first kappa shape index (κ1) is 23.7. The van der Waals surface area contributed by atoms with Crippen molar-refractivity contribution in [3.05, 3.63) is 97.9 Å². The third kappa shape index (κ3) is 4.02. The summed E-state index contributed by atoms with van der Waals surface area (Å²) in [5, 5.41) is 0. The summed E-state index contributed by atoms with van der Waals surface area (Å²) in [5.41, 5.74) is 4.05. The molecule has 2 aliphatic rings. The van der Waals surface area contributed by atoms with Gasteiger partial charge in [-0.15, -0.1) is 0 Å². The maximum Gasteiger partial charge on any atom is 0.352 e. The normalized spacial score (nSPS) is 22.6. The molecule has 6 nitrogen and oxygen atoms in total. The molecule has 0 saturated carbocycles. The fourth-order valence-electron chi connectivity index (χ4n) is 5.53. The van der Waals surface area contributed by atoms with E-state index in [2.05, 4.69) is 26.8 Å². The van der Waals surface area contributed by atoms with E-state index in [9.17, 15) is 14.4 Å². The third-order valence-electron chi connectivity index (χ3n) is 7.15. The fourth-order valence-corrected chi connectivity index (χ4v) is 5.53. The molecule has 0 N–H and O–H groups in total. The lowest BCUT2D eigenvalue weighted by atomic mass is 9.69. The van der Waals surface area contributed by atoms with E-state index < -0.39 is 6.04 Å². The standard InChI is InChI=1S/C28H33N3O3/c1-19(15-17-32)13-14-23-21(3)18-24(25-20(2)10-9-16-28(25,4)5)31-27(34)29(26(33)30(23)31)22-11-7-6-8-12-22/h6-8,11-15,17-18,23-24H,9-10,16H2,1-5H3/b14-13+,19-15+. The number of fused-ring (bicyclic) bond motifs is 1. The van der Waals surface area contributed by atoms with Gasteiger partial charge >= 0.3 is 11.4 Å². The van der Waals surface area contributed by atoms with Crippen molar-refractivity contribution in [3.8, 4) is 5.69 Å². The van der Waals surface area contributed by atoms with Crippen molar-refractivity contribution in [1.82, 2.24) is 13.9 Å². The van der Waals surface area contributed by atoms with Crippen LogP contribution in [0.2, 0.25) is 0 Å². The lowest BCUT2D eigenvalue weighted by Crippen LogP contribution is -2.40. The van der Waals surface area contributed by atoms with Gasteiger partial charge in [0, 0.05) is 0 Å². The van der Waals surface area contributed by atoms with Gasteiger partial charge in [0.15, 0.2) is 0 Å². The van der Waals surface area contributed by atoms with Crippen LogP contribution in [-0.2, 0) is 4.79 Å². The van der Waals surface area contributed by atoms with E-state index in [1.165, 1.54) is 21.8 Å². The number of nitrogens with zero attached hydrogens (tertiary/aromatic N) is 3.